The Morgan fingerprint density at radius 3 is 1.84 bits per heavy atom. The Labute approximate surface area is 380 Å². The molecule has 0 bridgehead atoms. The number of hydrogen-bond acceptors (Lipinski definition) is 10. The van der Waals surface area contributed by atoms with Gasteiger partial charge in [0.15, 0.2) is 11.6 Å². The Bertz CT molecular complexity index is 2280. The number of fused-ring (bicyclic) bond motifs is 16. The van der Waals surface area contributed by atoms with E-state index >= 15 is 0 Å². The van der Waals surface area contributed by atoms with E-state index in [2.05, 4.69) is 60.6 Å². The van der Waals surface area contributed by atoms with Crippen molar-refractivity contribution in [1.82, 2.24) is 9.97 Å². The summed E-state index contributed by atoms with van der Waals surface area (Å²) in [4.78, 5) is 11.3. The molecular weight excluding hydrogens is 805 g/mol. The Kier molecular flexibility index (Phi) is 8.41. The molecule has 12 aliphatic rings. The average Bonchev–Trinajstić information content (AvgIpc) is 4.02. The van der Waals surface area contributed by atoms with Gasteiger partial charge < -0.3 is 39.4 Å². The standard InChI is InChI=1S/C54H76N2O8/c1-27-45-41(61-52(27)16-14-46(3,4)63-52)20-35-31-12-10-29-18-37-39(24-48(29,6)33(31)21-42(58)50(35,45)8)55-38-19-30-11-13-32-34(49(30,7)25-40(38)56-37)22-43(59)51(9)36(32)23-44-54(51,60)28(2)53(62-44)17-15-47(5,26-57)64-53/h20,23,27-34,41-45,57-60H,10-19,21-22,24-26H2,1-9H3/t27-,28-,29+,30+,31-,32-,33+,34+,41+,42-,43-,44+,45+,47-,48+,49+,50-,51-,52+,53-,54+/m1/s1. The van der Waals surface area contributed by atoms with Crippen molar-refractivity contribution in [2.24, 2.45) is 74.9 Å². The highest BCUT2D eigenvalue weighted by Crippen LogP contribution is 2.73. The normalized spacial score (nSPS) is 58.0. The summed E-state index contributed by atoms with van der Waals surface area (Å²) < 4.78 is 27.0. The second-order valence-corrected chi connectivity index (χ2v) is 26.2. The fourth-order valence-corrected chi connectivity index (χ4v) is 19.3. The van der Waals surface area contributed by atoms with Crippen LogP contribution in [0.4, 0.5) is 0 Å². The van der Waals surface area contributed by atoms with Crippen molar-refractivity contribution in [1.29, 1.82) is 0 Å². The highest BCUT2D eigenvalue weighted by Gasteiger charge is 2.77. The molecule has 0 amide bonds. The van der Waals surface area contributed by atoms with E-state index in [0.29, 0.717) is 42.9 Å². The van der Waals surface area contributed by atoms with Crippen LogP contribution in [0.15, 0.2) is 23.3 Å². The first-order valence-electron chi connectivity index (χ1n) is 25.9. The van der Waals surface area contributed by atoms with Gasteiger partial charge in [-0.2, -0.15) is 0 Å². The third-order valence-electron chi connectivity index (χ3n) is 23.2. The highest BCUT2D eigenvalue weighted by molar-refractivity contribution is 5.43. The molecule has 4 saturated heterocycles. The molecule has 4 aliphatic heterocycles. The Balaban J connectivity index is 0.768. The smallest absolute Gasteiger partial charge is 0.175 e. The molecule has 10 heteroatoms. The second-order valence-electron chi connectivity index (χ2n) is 26.2. The van der Waals surface area contributed by atoms with Crippen LogP contribution in [0.3, 0.4) is 0 Å². The number of nitrogens with zero attached hydrogens (tertiary/aromatic N) is 2. The minimum atomic E-state index is -1.30. The lowest BCUT2D eigenvalue weighted by Crippen LogP contribution is -2.64. The van der Waals surface area contributed by atoms with Crippen LogP contribution in [0.2, 0.25) is 0 Å². The number of aromatic nitrogens is 2. The van der Waals surface area contributed by atoms with Crippen LogP contribution in [-0.2, 0) is 44.6 Å². The maximum atomic E-state index is 12.9. The van der Waals surface area contributed by atoms with E-state index in [1.54, 1.807) is 0 Å². The fraction of sp³-hybridized carbons (Fsp3) is 0.852. The molecule has 0 radical (unpaired) electrons. The largest absolute Gasteiger partial charge is 0.393 e. The van der Waals surface area contributed by atoms with Crippen molar-refractivity contribution in [3.63, 3.8) is 0 Å². The quantitative estimate of drug-likeness (QED) is 0.212. The van der Waals surface area contributed by atoms with E-state index in [1.807, 2.05) is 13.8 Å². The average molecular weight is 881 g/mol. The number of rotatable bonds is 1. The molecule has 1 aromatic rings. The summed E-state index contributed by atoms with van der Waals surface area (Å²) in [6, 6.07) is 0. The van der Waals surface area contributed by atoms with Crippen LogP contribution in [0.25, 0.3) is 0 Å². The molecule has 350 valence electrons. The van der Waals surface area contributed by atoms with Crippen LogP contribution in [0, 0.1) is 74.9 Å². The summed E-state index contributed by atoms with van der Waals surface area (Å²) in [6.07, 6.45) is 15.8. The van der Waals surface area contributed by atoms with Gasteiger partial charge in [-0.15, -0.1) is 0 Å². The second kappa shape index (κ2) is 12.7. The topological polar surface area (TPSA) is 144 Å². The fourth-order valence-electron chi connectivity index (χ4n) is 19.3. The maximum Gasteiger partial charge on any atom is 0.175 e. The number of ether oxygens (including phenoxy) is 4. The minimum absolute atomic E-state index is 0.00245. The molecule has 8 fully saturated rings. The van der Waals surface area contributed by atoms with Crippen molar-refractivity contribution < 1.29 is 39.4 Å². The van der Waals surface area contributed by atoms with E-state index in [0.717, 1.165) is 64.2 Å². The molecule has 0 unspecified atom stereocenters. The van der Waals surface area contributed by atoms with Crippen molar-refractivity contribution in [3.8, 4) is 0 Å². The molecule has 21 atom stereocenters. The zero-order valence-corrected chi connectivity index (χ0v) is 40.1. The van der Waals surface area contributed by atoms with E-state index in [4.69, 9.17) is 28.9 Å². The van der Waals surface area contributed by atoms with Crippen LogP contribution in [-0.4, -0.2) is 89.8 Å². The third-order valence-corrected chi connectivity index (χ3v) is 23.2. The zero-order valence-electron chi connectivity index (χ0n) is 40.1. The highest BCUT2D eigenvalue weighted by atomic mass is 16.7. The maximum absolute atomic E-state index is 12.9. The molecule has 0 aromatic carbocycles. The van der Waals surface area contributed by atoms with E-state index < -0.39 is 46.5 Å². The molecule has 2 spiro atoms. The molecule has 1 aromatic heterocycles. The van der Waals surface area contributed by atoms with Gasteiger partial charge in [-0.05, 0) is 144 Å². The summed E-state index contributed by atoms with van der Waals surface area (Å²) in [5.74, 6) is 0.880. The van der Waals surface area contributed by atoms with Gasteiger partial charge in [0.25, 0.3) is 0 Å². The lowest BCUT2D eigenvalue weighted by molar-refractivity contribution is -0.256. The molecule has 64 heavy (non-hydrogen) atoms. The first-order valence-corrected chi connectivity index (χ1v) is 25.9. The Hall–Kier alpha value is -1.76. The molecule has 13 rings (SSSR count). The van der Waals surface area contributed by atoms with Crippen molar-refractivity contribution >= 4 is 0 Å². The van der Waals surface area contributed by atoms with Crippen molar-refractivity contribution in [3.05, 3.63) is 46.1 Å². The molecule has 10 nitrogen and oxygen atoms in total. The predicted molar refractivity (Wildman–Crippen MR) is 238 cm³/mol. The SMILES string of the molecule is C[C@@H]1[C@H]2[C@H](C=C3[C@@H]4CC[C@H]5Cc6nc7c(nc6C[C@]5(C)[C@H]4C[C@@H](O)[C@@]32C)C[C@@H]2CC[C@H]3C4=C[C@@H]5O[C@@]6(CC[C@](C)(CO)O6)[C@@H](C)[C@@]5(O)[C@@]4(C)[C@H](O)C[C@@H]3[C@@]2(C)C7)O[C@]12CCC(C)(C)O2. The molecule has 5 heterocycles. The minimum Gasteiger partial charge on any atom is -0.393 e. The van der Waals surface area contributed by atoms with Gasteiger partial charge in [0.1, 0.15) is 11.7 Å². The summed E-state index contributed by atoms with van der Waals surface area (Å²) in [6.45, 7) is 20.1. The lowest BCUT2D eigenvalue weighted by Gasteiger charge is -2.61. The Morgan fingerprint density at radius 2 is 1.27 bits per heavy atom. The number of aliphatic hydroxyl groups excluding tert-OH is 3. The first kappa shape index (κ1) is 42.4. The summed E-state index contributed by atoms with van der Waals surface area (Å²) >= 11 is 0. The molecule has 8 aliphatic carbocycles. The van der Waals surface area contributed by atoms with Gasteiger partial charge in [0.05, 0.1) is 58.9 Å². The van der Waals surface area contributed by atoms with Gasteiger partial charge in [0.2, 0.25) is 0 Å². The van der Waals surface area contributed by atoms with Gasteiger partial charge in [0, 0.05) is 41.4 Å². The zero-order chi connectivity index (χ0) is 44.7. The van der Waals surface area contributed by atoms with Gasteiger partial charge >= 0.3 is 0 Å². The lowest BCUT2D eigenvalue weighted by atomic mass is 9.44. The number of aliphatic hydroxyl groups is 4. The van der Waals surface area contributed by atoms with Crippen LogP contribution in [0.1, 0.15) is 149 Å². The monoisotopic (exact) mass is 881 g/mol. The summed E-state index contributed by atoms with van der Waals surface area (Å²) in [5.41, 5.74) is 4.10. The Morgan fingerprint density at radius 1 is 0.672 bits per heavy atom. The predicted octanol–water partition coefficient (Wildman–Crippen LogP) is 7.35. The van der Waals surface area contributed by atoms with Crippen LogP contribution < -0.4 is 0 Å². The third kappa shape index (κ3) is 4.88. The van der Waals surface area contributed by atoms with Gasteiger partial charge in [-0.1, -0.05) is 64.8 Å². The summed E-state index contributed by atoms with van der Waals surface area (Å²) in [5, 5.41) is 48.0. The van der Waals surface area contributed by atoms with Crippen LogP contribution in [0.5, 0.6) is 0 Å². The summed E-state index contributed by atoms with van der Waals surface area (Å²) in [7, 11) is 0. The molecular formula is C54H76N2O8. The van der Waals surface area contributed by atoms with Crippen LogP contribution >= 0.6 is 0 Å². The van der Waals surface area contributed by atoms with E-state index in [-0.39, 0.29) is 64.1 Å². The molecule has 4 N–H and O–H groups in total. The molecule has 4 saturated carbocycles. The first-order chi connectivity index (χ1) is 30.1. The van der Waals surface area contributed by atoms with E-state index in [1.165, 1.54) is 40.3 Å². The van der Waals surface area contributed by atoms with Crippen molar-refractivity contribution in [2.45, 2.75) is 205 Å². The van der Waals surface area contributed by atoms with E-state index in [9.17, 15) is 20.4 Å². The number of hydrogen-bond donors (Lipinski definition) is 4. The van der Waals surface area contributed by atoms with Gasteiger partial charge in [-0.3, -0.25) is 9.97 Å². The van der Waals surface area contributed by atoms with Gasteiger partial charge in [-0.25, -0.2) is 0 Å². The van der Waals surface area contributed by atoms with Crippen molar-refractivity contribution in [2.75, 3.05) is 6.61 Å².